The minimum atomic E-state index is -3.68. The summed E-state index contributed by atoms with van der Waals surface area (Å²) in [6.45, 7) is 4.05. The van der Waals surface area contributed by atoms with Gasteiger partial charge in [-0.2, -0.15) is 4.31 Å². The molecule has 1 atom stereocenters. The zero-order chi connectivity index (χ0) is 20.9. The highest BCUT2D eigenvalue weighted by atomic mass is 32.2. The first-order valence-corrected chi connectivity index (χ1v) is 11.1. The van der Waals surface area contributed by atoms with Crippen molar-refractivity contribution in [2.24, 2.45) is 0 Å². The molecule has 1 aliphatic heterocycles. The summed E-state index contributed by atoms with van der Waals surface area (Å²) >= 11 is 0. The van der Waals surface area contributed by atoms with Crippen LogP contribution >= 0.6 is 0 Å². The van der Waals surface area contributed by atoms with Gasteiger partial charge in [0, 0.05) is 32.7 Å². The van der Waals surface area contributed by atoms with Crippen molar-refractivity contribution in [2.45, 2.75) is 30.8 Å². The molecule has 1 saturated heterocycles. The average molecular weight is 420 g/mol. The van der Waals surface area contributed by atoms with Crippen molar-refractivity contribution in [3.05, 3.63) is 66.0 Å². The summed E-state index contributed by atoms with van der Waals surface area (Å²) < 4.78 is 40.2. The van der Waals surface area contributed by atoms with E-state index in [9.17, 15) is 17.6 Å². The lowest BCUT2D eigenvalue weighted by Crippen LogP contribution is -2.46. The van der Waals surface area contributed by atoms with Gasteiger partial charge in [-0.1, -0.05) is 30.3 Å². The number of sulfonamides is 1. The summed E-state index contributed by atoms with van der Waals surface area (Å²) in [7, 11) is -3.68. The molecule has 0 saturated carbocycles. The smallest absolute Gasteiger partial charge is 0.243 e. The van der Waals surface area contributed by atoms with E-state index < -0.39 is 15.8 Å². The molecular weight excluding hydrogens is 393 g/mol. The van der Waals surface area contributed by atoms with Crippen LogP contribution in [0.25, 0.3) is 0 Å². The molecule has 0 aromatic heterocycles. The second-order valence-electron chi connectivity index (χ2n) is 7.13. The van der Waals surface area contributed by atoms with Gasteiger partial charge in [0.15, 0.2) is 0 Å². The zero-order valence-electron chi connectivity index (χ0n) is 16.4. The lowest BCUT2D eigenvalue weighted by Gasteiger charge is -2.27. The van der Waals surface area contributed by atoms with Gasteiger partial charge in [-0.3, -0.25) is 9.69 Å². The number of benzene rings is 2. The van der Waals surface area contributed by atoms with Crippen molar-refractivity contribution in [1.82, 2.24) is 14.5 Å². The maximum atomic E-state index is 13.1. The minimum absolute atomic E-state index is 0.0799. The highest BCUT2D eigenvalue weighted by Crippen LogP contribution is 2.19. The number of amides is 1. The van der Waals surface area contributed by atoms with Crippen LogP contribution in [0.4, 0.5) is 4.39 Å². The molecule has 0 radical (unpaired) electrons. The number of halogens is 1. The Labute approximate surface area is 171 Å². The maximum absolute atomic E-state index is 13.1. The number of rotatable bonds is 6. The molecule has 29 heavy (non-hydrogen) atoms. The topological polar surface area (TPSA) is 69.7 Å². The van der Waals surface area contributed by atoms with E-state index in [4.69, 9.17) is 0 Å². The lowest BCUT2D eigenvalue weighted by atomic mass is 10.2. The van der Waals surface area contributed by atoms with Crippen LogP contribution in [0.15, 0.2) is 59.5 Å². The standard InChI is InChI=1S/C21H26FN3O3S/c1-17(21(26)23-16-18-6-3-2-4-7-18)24-12-5-13-25(15-14-24)29(27,28)20-10-8-19(22)9-11-20/h2-4,6-11,17H,5,12-16H2,1H3,(H,23,26). The van der Waals surface area contributed by atoms with Crippen molar-refractivity contribution >= 4 is 15.9 Å². The second-order valence-corrected chi connectivity index (χ2v) is 9.06. The summed E-state index contributed by atoms with van der Waals surface area (Å²) in [5, 5.41) is 2.94. The summed E-state index contributed by atoms with van der Waals surface area (Å²) in [5.74, 6) is -0.551. The summed E-state index contributed by atoms with van der Waals surface area (Å²) in [4.78, 5) is 14.6. The van der Waals surface area contributed by atoms with E-state index >= 15 is 0 Å². The Kier molecular flexibility index (Phi) is 7.00. The van der Waals surface area contributed by atoms with Gasteiger partial charge in [0.05, 0.1) is 10.9 Å². The van der Waals surface area contributed by atoms with Gasteiger partial charge in [-0.05, 0) is 43.2 Å². The molecular formula is C21H26FN3O3S. The fraction of sp³-hybridized carbons (Fsp3) is 0.381. The van der Waals surface area contributed by atoms with E-state index in [0.717, 1.165) is 17.7 Å². The number of nitrogens with zero attached hydrogens (tertiary/aromatic N) is 2. The van der Waals surface area contributed by atoms with E-state index in [0.29, 0.717) is 32.6 Å². The van der Waals surface area contributed by atoms with Crippen LogP contribution in [0.3, 0.4) is 0 Å². The highest BCUT2D eigenvalue weighted by molar-refractivity contribution is 7.89. The molecule has 1 unspecified atom stereocenters. The molecule has 0 bridgehead atoms. The lowest BCUT2D eigenvalue weighted by molar-refractivity contribution is -0.126. The first-order valence-electron chi connectivity index (χ1n) is 9.69. The average Bonchev–Trinajstić information content (AvgIpc) is 2.99. The van der Waals surface area contributed by atoms with Gasteiger partial charge in [0.1, 0.15) is 5.82 Å². The quantitative estimate of drug-likeness (QED) is 0.780. The van der Waals surface area contributed by atoms with Crippen LogP contribution in [0.2, 0.25) is 0 Å². The van der Waals surface area contributed by atoms with Crippen LogP contribution in [0, 0.1) is 5.82 Å². The molecule has 1 fully saturated rings. The van der Waals surface area contributed by atoms with Gasteiger partial charge in [0.2, 0.25) is 15.9 Å². The first kappa shape index (κ1) is 21.4. The van der Waals surface area contributed by atoms with Crippen molar-refractivity contribution in [3.8, 4) is 0 Å². The van der Waals surface area contributed by atoms with E-state index in [-0.39, 0.29) is 23.4 Å². The Morgan fingerprint density at radius 1 is 1.03 bits per heavy atom. The molecule has 1 N–H and O–H groups in total. The Balaban J connectivity index is 1.58. The van der Waals surface area contributed by atoms with Gasteiger partial charge in [-0.15, -0.1) is 0 Å². The van der Waals surface area contributed by atoms with Gasteiger partial charge in [0.25, 0.3) is 0 Å². The molecule has 2 aromatic rings. The molecule has 156 valence electrons. The minimum Gasteiger partial charge on any atom is -0.351 e. The fourth-order valence-electron chi connectivity index (χ4n) is 3.40. The Bertz CT molecular complexity index is 920. The van der Waals surface area contributed by atoms with Gasteiger partial charge in [-0.25, -0.2) is 12.8 Å². The molecule has 6 nitrogen and oxygen atoms in total. The summed E-state index contributed by atoms with van der Waals surface area (Å²) in [6, 6.07) is 14.2. The predicted molar refractivity (Wildman–Crippen MR) is 109 cm³/mol. The van der Waals surface area contributed by atoms with E-state index in [1.54, 1.807) is 0 Å². The van der Waals surface area contributed by atoms with Crippen LogP contribution in [-0.2, 0) is 21.4 Å². The molecule has 2 aromatic carbocycles. The van der Waals surface area contributed by atoms with Gasteiger partial charge < -0.3 is 5.32 Å². The van der Waals surface area contributed by atoms with E-state index in [2.05, 4.69) is 5.32 Å². The third-order valence-electron chi connectivity index (χ3n) is 5.18. The highest BCUT2D eigenvalue weighted by Gasteiger charge is 2.29. The SMILES string of the molecule is CC(C(=O)NCc1ccccc1)N1CCCN(S(=O)(=O)c2ccc(F)cc2)CC1. The monoisotopic (exact) mass is 419 g/mol. The number of hydrogen-bond acceptors (Lipinski definition) is 4. The van der Waals surface area contributed by atoms with E-state index in [1.807, 2.05) is 42.2 Å². The summed E-state index contributed by atoms with van der Waals surface area (Å²) in [6.07, 6.45) is 0.622. The van der Waals surface area contributed by atoms with Crippen molar-refractivity contribution in [3.63, 3.8) is 0 Å². The second kappa shape index (κ2) is 9.47. The predicted octanol–water partition coefficient (Wildman–Crippen LogP) is 2.23. The molecule has 3 rings (SSSR count). The van der Waals surface area contributed by atoms with Crippen LogP contribution in [0.1, 0.15) is 18.9 Å². The van der Waals surface area contributed by atoms with E-state index in [1.165, 1.54) is 16.4 Å². The number of hydrogen-bond donors (Lipinski definition) is 1. The number of nitrogens with one attached hydrogen (secondary N) is 1. The molecule has 0 aliphatic carbocycles. The fourth-order valence-corrected chi connectivity index (χ4v) is 4.87. The first-order chi connectivity index (χ1) is 13.9. The normalized spacial score (nSPS) is 17.4. The maximum Gasteiger partial charge on any atom is 0.243 e. The van der Waals surface area contributed by atoms with Gasteiger partial charge >= 0.3 is 0 Å². The molecule has 1 heterocycles. The number of carbonyl (C=O) groups excluding carboxylic acids is 1. The Morgan fingerprint density at radius 3 is 2.41 bits per heavy atom. The molecule has 1 aliphatic rings. The molecule has 0 spiro atoms. The van der Waals surface area contributed by atoms with Crippen molar-refractivity contribution in [2.75, 3.05) is 26.2 Å². The largest absolute Gasteiger partial charge is 0.351 e. The van der Waals surface area contributed by atoms with Crippen molar-refractivity contribution < 1.29 is 17.6 Å². The molecule has 1 amide bonds. The Morgan fingerprint density at radius 2 is 1.72 bits per heavy atom. The third-order valence-corrected chi connectivity index (χ3v) is 7.09. The van der Waals surface area contributed by atoms with Crippen LogP contribution in [0.5, 0.6) is 0 Å². The van der Waals surface area contributed by atoms with Crippen LogP contribution in [-0.4, -0.2) is 55.8 Å². The third kappa shape index (κ3) is 5.41. The van der Waals surface area contributed by atoms with Crippen LogP contribution < -0.4 is 5.32 Å². The zero-order valence-corrected chi connectivity index (χ0v) is 17.2. The summed E-state index contributed by atoms with van der Waals surface area (Å²) in [5.41, 5.74) is 1.03. The number of carbonyl (C=O) groups is 1. The molecule has 8 heteroatoms. The Hall–Kier alpha value is -2.29. The van der Waals surface area contributed by atoms with Crippen molar-refractivity contribution in [1.29, 1.82) is 0 Å².